The maximum Gasteiger partial charge on any atom is 0.232 e. The molecule has 2 N–H and O–H groups in total. The van der Waals surface area contributed by atoms with Crippen molar-refractivity contribution >= 4 is 5.91 Å². The molecule has 1 fully saturated rings. The fourth-order valence-electron chi connectivity index (χ4n) is 5.65. The highest BCUT2D eigenvalue weighted by molar-refractivity contribution is 5.91. The molecule has 3 aromatic carbocycles. The van der Waals surface area contributed by atoms with Crippen molar-refractivity contribution in [2.75, 3.05) is 13.1 Å². The molecule has 166 valence electrons. The van der Waals surface area contributed by atoms with Crippen molar-refractivity contribution < 1.29 is 4.79 Å². The van der Waals surface area contributed by atoms with E-state index in [2.05, 4.69) is 66.4 Å². The van der Waals surface area contributed by atoms with Crippen molar-refractivity contribution in [3.05, 3.63) is 108 Å². The summed E-state index contributed by atoms with van der Waals surface area (Å²) in [5, 5.41) is 0. The molecule has 32 heavy (non-hydrogen) atoms. The van der Waals surface area contributed by atoms with Crippen molar-refractivity contribution in [3.8, 4) is 0 Å². The molecule has 4 rings (SSSR count). The highest BCUT2D eigenvalue weighted by Gasteiger charge is 2.52. The molecule has 1 aliphatic heterocycles. The minimum atomic E-state index is -0.819. The van der Waals surface area contributed by atoms with Gasteiger partial charge in [0, 0.05) is 6.04 Å². The molecule has 1 aliphatic rings. The second kappa shape index (κ2) is 10.1. The fraction of sp³-hybridized carbons (Fsp3) is 0.345. The average molecular weight is 427 g/mol. The van der Waals surface area contributed by atoms with Crippen LogP contribution in [0.15, 0.2) is 91.0 Å². The minimum Gasteiger partial charge on any atom is -0.369 e. The maximum atomic E-state index is 13.3. The first-order valence-electron chi connectivity index (χ1n) is 11.8. The van der Waals surface area contributed by atoms with E-state index in [4.69, 9.17) is 5.73 Å². The number of unbranched alkanes of at least 4 members (excludes halogenated alkanes) is 1. The third-order valence-corrected chi connectivity index (χ3v) is 7.29. The molecule has 1 amide bonds. The number of nitrogens with two attached hydrogens (primary N) is 1. The molecule has 0 aliphatic carbocycles. The van der Waals surface area contributed by atoms with Gasteiger partial charge in [0.1, 0.15) is 5.41 Å². The largest absolute Gasteiger partial charge is 0.369 e. The van der Waals surface area contributed by atoms with Crippen molar-refractivity contribution in [1.82, 2.24) is 4.90 Å². The van der Waals surface area contributed by atoms with E-state index in [1.165, 1.54) is 12.0 Å². The number of nitrogens with zero attached hydrogens (tertiary/aromatic N) is 1. The van der Waals surface area contributed by atoms with Gasteiger partial charge in [0.2, 0.25) is 5.91 Å². The van der Waals surface area contributed by atoms with Gasteiger partial charge in [-0.25, -0.2) is 0 Å². The summed E-state index contributed by atoms with van der Waals surface area (Å²) in [5.74, 6) is -0.114. The van der Waals surface area contributed by atoms with Crippen LogP contribution in [0.5, 0.6) is 0 Å². The van der Waals surface area contributed by atoms with Gasteiger partial charge in [0.05, 0.1) is 0 Å². The molecule has 0 unspecified atom stereocenters. The molecule has 3 aromatic rings. The number of primary amides is 1. The van der Waals surface area contributed by atoms with E-state index in [0.29, 0.717) is 0 Å². The molecule has 3 heteroatoms. The maximum absolute atomic E-state index is 13.3. The highest BCUT2D eigenvalue weighted by atomic mass is 16.1. The van der Waals surface area contributed by atoms with E-state index >= 15 is 0 Å². The molecular weight excluding hydrogens is 392 g/mol. The molecule has 1 heterocycles. The standard InChI is InChI=1S/C29H34N2O/c1-23-27(20-22-31(23)21-12-11-15-24-13-5-2-6-14-24)29(28(30)32,25-16-7-3-8-17-25)26-18-9-4-10-19-26/h2-10,13-14,16-19,23,27H,11-12,15,20-22H2,1H3,(H2,30,32)/t23-,27+/m0/s1. The molecule has 0 saturated carbocycles. The number of rotatable bonds is 9. The number of carbonyl (C=O) groups is 1. The Morgan fingerprint density at radius 1 is 0.875 bits per heavy atom. The van der Waals surface area contributed by atoms with E-state index in [1.807, 2.05) is 36.4 Å². The van der Waals surface area contributed by atoms with Gasteiger partial charge < -0.3 is 10.6 Å². The lowest BCUT2D eigenvalue weighted by Crippen LogP contribution is -2.51. The van der Waals surface area contributed by atoms with Gasteiger partial charge >= 0.3 is 0 Å². The van der Waals surface area contributed by atoms with Crippen molar-refractivity contribution in [1.29, 1.82) is 0 Å². The Balaban J connectivity index is 1.54. The molecule has 0 radical (unpaired) electrons. The van der Waals surface area contributed by atoms with Crippen LogP contribution < -0.4 is 5.73 Å². The third kappa shape index (κ3) is 4.35. The Morgan fingerprint density at radius 2 is 1.41 bits per heavy atom. The summed E-state index contributed by atoms with van der Waals surface area (Å²) in [5.41, 5.74) is 8.84. The van der Waals surface area contributed by atoms with Gasteiger partial charge in [-0.2, -0.15) is 0 Å². The normalized spacial score (nSPS) is 19.2. The van der Waals surface area contributed by atoms with Gasteiger partial charge in [-0.1, -0.05) is 91.0 Å². The van der Waals surface area contributed by atoms with Gasteiger partial charge in [0.25, 0.3) is 0 Å². The van der Waals surface area contributed by atoms with Crippen LogP contribution in [0.4, 0.5) is 0 Å². The number of aryl methyl sites for hydroxylation is 1. The summed E-state index contributed by atoms with van der Waals surface area (Å²) in [7, 11) is 0. The van der Waals surface area contributed by atoms with Crippen LogP contribution in [0.1, 0.15) is 42.9 Å². The number of likely N-dealkylation sites (tertiary alicyclic amines) is 1. The topological polar surface area (TPSA) is 46.3 Å². The lowest BCUT2D eigenvalue weighted by molar-refractivity contribution is -0.124. The smallest absolute Gasteiger partial charge is 0.232 e. The molecule has 2 atom stereocenters. The first-order chi connectivity index (χ1) is 15.6. The van der Waals surface area contributed by atoms with Gasteiger partial charge in [-0.15, -0.1) is 0 Å². The predicted molar refractivity (Wildman–Crippen MR) is 131 cm³/mol. The van der Waals surface area contributed by atoms with E-state index in [1.54, 1.807) is 0 Å². The Morgan fingerprint density at radius 3 is 1.94 bits per heavy atom. The highest BCUT2D eigenvalue weighted by Crippen LogP contribution is 2.46. The quantitative estimate of drug-likeness (QED) is 0.479. The predicted octanol–water partition coefficient (Wildman–Crippen LogP) is 5.19. The minimum absolute atomic E-state index is 0.138. The van der Waals surface area contributed by atoms with Crippen LogP contribution in [0.3, 0.4) is 0 Å². The SMILES string of the molecule is C[C@H]1[C@H](C(C(N)=O)(c2ccccc2)c2ccccc2)CCN1CCCCc1ccccc1. The summed E-state index contributed by atoms with van der Waals surface area (Å²) in [6.07, 6.45) is 4.42. The first-order valence-corrected chi connectivity index (χ1v) is 11.8. The molecule has 0 bridgehead atoms. The second-order valence-electron chi connectivity index (χ2n) is 9.02. The Labute approximate surface area is 192 Å². The molecule has 0 aromatic heterocycles. The van der Waals surface area contributed by atoms with Crippen LogP contribution in [-0.2, 0) is 16.6 Å². The number of hydrogen-bond acceptors (Lipinski definition) is 2. The Bertz CT molecular complexity index is 948. The summed E-state index contributed by atoms with van der Waals surface area (Å²) in [6.45, 7) is 4.34. The van der Waals surface area contributed by atoms with Gasteiger partial charge in [0.15, 0.2) is 0 Å². The van der Waals surface area contributed by atoms with Crippen molar-refractivity contribution in [3.63, 3.8) is 0 Å². The number of benzene rings is 3. The van der Waals surface area contributed by atoms with Crippen molar-refractivity contribution in [2.24, 2.45) is 11.7 Å². The van der Waals surface area contributed by atoms with Crippen LogP contribution in [0, 0.1) is 5.92 Å². The average Bonchev–Trinajstić information content (AvgIpc) is 3.20. The summed E-state index contributed by atoms with van der Waals surface area (Å²) in [6, 6.07) is 31.3. The second-order valence-corrected chi connectivity index (χ2v) is 9.02. The van der Waals surface area contributed by atoms with Crippen LogP contribution >= 0.6 is 0 Å². The molecular formula is C29H34N2O. The number of hydrogen-bond donors (Lipinski definition) is 1. The number of carbonyl (C=O) groups excluding carboxylic acids is 1. The number of amides is 1. The molecule has 3 nitrogen and oxygen atoms in total. The van der Waals surface area contributed by atoms with Crippen LogP contribution in [-0.4, -0.2) is 29.9 Å². The zero-order valence-corrected chi connectivity index (χ0v) is 19.0. The lowest BCUT2D eigenvalue weighted by Gasteiger charge is -2.40. The zero-order valence-electron chi connectivity index (χ0n) is 19.0. The van der Waals surface area contributed by atoms with Gasteiger partial charge in [-0.3, -0.25) is 4.79 Å². The fourth-order valence-corrected chi connectivity index (χ4v) is 5.65. The van der Waals surface area contributed by atoms with E-state index in [-0.39, 0.29) is 17.9 Å². The van der Waals surface area contributed by atoms with Gasteiger partial charge in [-0.05, 0) is 68.3 Å². The molecule has 0 spiro atoms. The van der Waals surface area contributed by atoms with Crippen LogP contribution in [0.25, 0.3) is 0 Å². The van der Waals surface area contributed by atoms with E-state index < -0.39 is 5.41 Å². The van der Waals surface area contributed by atoms with Crippen LogP contribution in [0.2, 0.25) is 0 Å². The lowest BCUT2D eigenvalue weighted by atomic mass is 9.63. The van der Waals surface area contributed by atoms with E-state index in [0.717, 1.165) is 43.5 Å². The Hall–Kier alpha value is -2.91. The Kier molecular flexibility index (Phi) is 7.06. The summed E-state index contributed by atoms with van der Waals surface area (Å²) in [4.78, 5) is 15.8. The monoisotopic (exact) mass is 426 g/mol. The molecule has 1 saturated heterocycles. The van der Waals surface area contributed by atoms with E-state index in [9.17, 15) is 4.79 Å². The van der Waals surface area contributed by atoms with Crippen molar-refractivity contribution in [2.45, 2.75) is 44.1 Å². The first kappa shape index (κ1) is 22.3. The zero-order chi connectivity index (χ0) is 22.4. The summed E-state index contributed by atoms with van der Waals surface area (Å²) >= 11 is 0. The summed E-state index contributed by atoms with van der Waals surface area (Å²) < 4.78 is 0. The third-order valence-electron chi connectivity index (χ3n) is 7.29.